The molecule has 2 heterocycles. The minimum absolute atomic E-state index is 0.0327. The summed E-state index contributed by atoms with van der Waals surface area (Å²) in [5.74, 6) is 0. The molecule has 2 aromatic carbocycles. The zero-order chi connectivity index (χ0) is 14.9. The van der Waals surface area contributed by atoms with E-state index in [1.54, 1.807) is 22.2 Å². The van der Waals surface area contributed by atoms with Gasteiger partial charge in [-0.25, -0.2) is 4.98 Å². The third-order valence-electron chi connectivity index (χ3n) is 3.54. The molecule has 0 bridgehead atoms. The van der Waals surface area contributed by atoms with Gasteiger partial charge in [-0.15, -0.1) is 11.3 Å². The van der Waals surface area contributed by atoms with Crippen molar-refractivity contribution in [3.8, 4) is 16.1 Å². The van der Waals surface area contributed by atoms with Gasteiger partial charge in [0.2, 0.25) is 0 Å². The summed E-state index contributed by atoms with van der Waals surface area (Å²) in [7, 11) is 0. The number of hydrogen-bond donors (Lipinski definition) is 0. The average molecular weight is 304 g/mol. The van der Waals surface area contributed by atoms with E-state index in [9.17, 15) is 4.79 Å². The van der Waals surface area contributed by atoms with Gasteiger partial charge in [-0.2, -0.15) is 0 Å². The Labute approximate surface area is 131 Å². The summed E-state index contributed by atoms with van der Waals surface area (Å²) in [4.78, 5) is 19.0. The molecule has 0 unspecified atom stereocenters. The molecule has 4 heteroatoms. The van der Waals surface area contributed by atoms with Gasteiger partial charge in [0.15, 0.2) is 0 Å². The molecule has 2 aromatic heterocycles. The Morgan fingerprint density at radius 1 is 0.909 bits per heavy atom. The average Bonchev–Trinajstić information content (AvgIpc) is 3.02. The summed E-state index contributed by atoms with van der Waals surface area (Å²) >= 11 is 1.54. The number of fused-ring (bicyclic) bond motifs is 1. The first kappa shape index (κ1) is 13.0. The number of hydrogen-bond acceptors (Lipinski definition) is 3. The number of nitrogens with zero attached hydrogens (tertiary/aromatic N) is 2. The van der Waals surface area contributed by atoms with Gasteiger partial charge >= 0.3 is 0 Å². The van der Waals surface area contributed by atoms with E-state index in [-0.39, 0.29) is 5.56 Å². The normalized spacial score (nSPS) is 10.9. The van der Waals surface area contributed by atoms with Crippen molar-refractivity contribution in [1.82, 2.24) is 9.55 Å². The van der Waals surface area contributed by atoms with Crippen LogP contribution in [0.1, 0.15) is 0 Å². The van der Waals surface area contributed by atoms with E-state index in [2.05, 4.69) is 4.98 Å². The largest absolute Gasteiger partial charge is 0.268 e. The molecule has 0 fully saturated rings. The van der Waals surface area contributed by atoms with Crippen LogP contribution < -0.4 is 5.56 Å². The van der Waals surface area contributed by atoms with Gasteiger partial charge < -0.3 is 0 Å². The molecule has 0 amide bonds. The second-order valence-corrected chi connectivity index (χ2v) is 5.98. The van der Waals surface area contributed by atoms with Gasteiger partial charge in [-0.1, -0.05) is 48.5 Å². The fraction of sp³-hybridized carbons (Fsp3) is 0. The summed E-state index contributed by atoms with van der Waals surface area (Å²) in [6.07, 6.45) is 1.60. The maximum absolute atomic E-state index is 12.7. The minimum atomic E-state index is -0.0327. The second-order valence-electron chi connectivity index (χ2n) is 4.95. The van der Waals surface area contributed by atoms with Gasteiger partial charge in [-0.05, 0) is 23.8 Å². The second kappa shape index (κ2) is 5.24. The molecule has 3 nitrogen and oxygen atoms in total. The van der Waals surface area contributed by atoms with Gasteiger partial charge in [0.05, 0.1) is 11.1 Å². The SMILES string of the molecule is O=c1c2cc(-c3ccccc3)sc2ncn1-c1ccccc1. The summed E-state index contributed by atoms with van der Waals surface area (Å²) in [6.45, 7) is 0. The Bertz CT molecular complexity index is 988. The first-order valence-corrected chi connectivity index (χ1v) is 7.76. The number of thiophene rings is 1. The van der Waals surface area contributed by atoms with Crippen molar-refractivity contribution >= 4 is 21.6 Å². The van der Waals surface area contributed by atoms with Crippen molar-refractivity contribution < 1.29 is 0 Å². The molecule has 0 spiro atoms. The van der Waals surface area contributed by atoms with E-state index in [4.69, 9.17) is 0 Å². The van der Waals surface area contributed by atoms with Crippen LogP contribution in [0, 0.1) is 0 Å². The molecule has 0 aliphatic heterocycles. The molecule has 22 heavy (non-hydrogen) atoms. The fourth-order valence-electron chi connectivity index (χ4n) is 2.44. The Balaban J connectivity index is 1.92. The van der Waals surface area contributed by atoms with Gasteiger partial charge in [0, 0.05) is 4.88 Å². The lowest BCUT2D eigenvalue weighted by atomic mass is 10.2. The maximum Gasteiger partial charge on any atom is 0.266 e. The number of rotatable bonds is 2. The lowest BCUT2D eigenvalue weighted by molar-refractivity contribution is 0.966. The first-order chi connectivity index (χ1) is 10.8. The molecule has 106 valence electrons. The molecule has 0 aliphatic carbocycles. The Morgan fingerprint density at radius 3 is 2.32 bits per heavy atom. The predicted octanol–water partition coefficient (Wildman–Crippen LogP) is 4.11. The highest BCUT2D eigenvalue weighted by atomic mass is 32.1. The van der Waals surface area contributed by atoms with E-state index in [1.165, 1.54) is 0 Å². The fourth-order valence-corrected chi connectivity index (χ4v) is 3.44. The lowest BCUT2D eigenvalue weighted by Gasteiger charge is -2.03. The molecule has 0 N–H and O–H groups in total. The van der Waals surface area contributed by atoms with E-state index < -0.39 is 0 Å². The van der Waals surface area contributed by atoms with Crippen molar-refractivity contribution in [2.24, 2.45) is 0 Å². The van der Waals surface area contributed by atoms with E-state index in [1.807, 2.05) is 66.7 Å². The Morgan fingerprint density at radius 2 is 1.59 bits per heavy atom. The Kier molecular flexibility index (Phi) is 3.09. The quantitative estimate of drug-likeness (QED) is 0.558. The van der Waals surface area contributed by atoms with Crippen LogP contribution in [-0.4, -0.2) is 9.55 Å². The monoisotopic (exact) mass is 304 g/mol. The lowest BCUT2D eigenvalue weighted by Crippen LogP contribution is -2.17. The molecule has 0 radical (unpaired) electrons. The van der Waals surface area contributed by atoms with E-state index in [0.29, 0.717) is 5.39 Å². The van der Waals surface area contributed by atoms with Crippen molar-refractivity contribution in [3.63, 3.8) is 0 Å². The predicted molar refractivity (Wildman–Crippen MR) is 90.7 cm³/mol. The van der Waals surface area contributed by atoms with Gasteiger partial charge in [-0.3, -0.25) is 9.36 Å². The van der Waals surface area contributed by atoms with Gasteiger partial charge in [0.1, 0.15) is 11.2 Å². The number of para-hydroxylation sites is 1. The highest BCUT2D eigenvalue weighted by Crippen LogP contribution is 2.30. The summed E-state index contributed by atoms with van der Waals surface area (Å²) in [5, 5.41) is 0.662. The van der Waals surface area contributed by atoms with Crippen molar-refractivity contribution in [2.75, 3.05) is 0 Å². The maximum atomic E-state index is 12.7. The van der Waals surface area contributed by atoms with Crippen molar-refractivity contribution in [2.45, 2.75) is 0 Å². The van der Waals surface area contributed by atoms with Crippen molar-refractivity contribution in [3.05, 3.63) is 83.4 Å². The molecule has 4 aromatic rings. The van der Waals surface area contributed by atoms with Crippen LogP contribution in [0.2, 0.25) is 0 Å². The van der Waals surface area contributed by atoms with Crippen LogP contribution >= 0.6 is 11.3 Å². The smallest absolute Gasteiger partial charge is 0.266 e. The number of benzene rings is 2. The van der Waals surface area contributed by atoms with Crippen LogP contribution in [-0.2, 0) is 0 Å². The summed E-state index contributed by atoms with van der Waals surface area (Å²) in [6, 6.07) is 21.6. The topological polar surface area (TPSA) is 34.9 Å². The zero-order valence-electron chi connectivity index (χ0n) is 11.6. The highest BCUT2D eigenvalue weighted by Gasteiger charge is 2.10. The zero-order valence-corrected chi connectivity index (χ0v) is 12.5. The molecule has 4 rings (SSSR count). The van der Waals surface area contributed by atoms with Crippen molar-refractivity contribution in [1.29, 1.82) is 0 Å². The standard InChI is InChI=1S/C18H12N2OS/c21-18-15-11-16(13-7-3-1-4-8-13)22-17(15)19-12-20(18)14-9-5-2-6-10-14/h1-12H. The molecule has 0 saturated heterocycles. The summed E-state index contributed by atoms with van der Waals surface area (Å²) in [5.41, 5.74) is 1.90. The van der Waals surface area contributed by atoms with Crippen LogP contribution in [0.4, 0.5) is 0 Å². The van der Waals surface area contributed by atoms with Crippen LogP contribution in [0.25, 0.3) is 26.3 Å². The van der Waals surface area contributed by atoms with E-state index in [0.717, 1.165) is 21.0 Å². The number of aromatic nitrogens is 2. The van der Waals surface area contributed by atoms with Crippen LogP contribution in [0.15, 0.2) is 77.9 Å². The van der Waals surface area contributed by atoms with Crippen LogP contribution in [0.3, 0.4) is 0 Å². The molecular weight excluding hydrogens is 292 g/mol. The molecule has 0 saturated carbocycles. The third kappa shape index (κ3) is 2.14. The third-order valence-corrected chi connectivity index (χ3v) is 4.64. The molecular formula is C18H12N2OS. The minimum Gasteiger partial charge on any atom is -0.268 e. The molecule has 0 aliphatic rings. The highest BCUT2D eigenvalue weighted by molar-refractivity contribution is 7.21. The van der Waals surface area contributed by atoms with E-state index >= 15 is 0 Å². The first-order valence-electron chi connectivity index (χ1n) is 6.95. The molecule has 0 atom stereocenters. The van der Waals surface area contributed by atoms with Gasteiger partial charge in [0.25, 0.3) is 5.56 Å². The Hall–Kier alpha value is -2.72. The summed E-state index contributed by atoms with van der Waals surface area (Å²) < 4.78 is 1.59. The van der Waals surface area contributed by atoms with Crippen LogP contribution in [0.5, 0.6) is 0 Å².